The molecule has 0 fully saturated rings. The van der Waals surface area contributed by atoms with E-state index in [1.54, 1.807) is 12.1 Å². The second-order valence-electron chi connectivity index (χ2n) is 3.09. The van der Waals surface area contributed by atoms with Crippen molar-refractivity contribution in [2.45, 2.75) is 6.92 Å². The number of benzene rings is 1. The minimum absolute atomic E-state index is 0.284. The SMILES string of the molecule is Cc1nc(C=O)sc1-c1cccc(F)c1. The maximum Gasteiger partial charge on any atom is 0.178 e. The minimum Gasteiger partial charge on any atom is -0.295 e. The number of carbonyl (C=O) groups is 1. The summed E-state index contributed by atoms with van der Waals surface area (Å²) >= 11 is 1.28. The van der Waals surface area contributed by atoms with Crippen LogP contribution in [0.2, 0.25) is 0 Å². The summed E-state index contributed by atoms with van der Waals surface area (Å²) in [6, 6.07) is 6.28. The molecule has 0 aliphatic rings. The second kappa shape index (κ2) is 3.90. The fourth-order valence-corrected chi connectivity index (χ4v) is 2.24. The molecule has 1 heterocycles. The van der Waals surface area contributed by atoms with E-state index in [4.69, 9.17) is 0 Å². The van der Waals surface area contributed by atoms with Gasteiger partial charge < -0.3 is 0 Å². The molecule has 0 bridgehead atoms. The van der Waals surface area contributed by atoms with Gasteiger partial charge in [0.2, 0.25) is 0 Å². The van der Waals surface area contributed by atoms with Crippen LogP contribution < -0.4 is 0 Å². The molecule has 0 spiro atoms. The molecule has 0 saturated heterocycles. The van der Waals surface area contributed by atoms with Crippen molar-refractivity contribution in [3.05, 3.63) is 40.8 Å². The van der Waals surface area contributed by atoms with E-state index in [2.05, 4.69) is 4.98 Å². The molecule has 2 aromatic rings. The smallest absolute Gasteiger partial charge is 0.178 e. The average molecular weight is 221 g/mol. The van der Waals surface area contributed by atoms with E-state index < -0.39 is 0 Å². The van der Waals surface area contributed by atoms with E-state index in [-0.39, 0.29) is 5.82 Å². The Bertz CT molecular complexity index is 507. The van der Waals surface area contributed by atoms with Crippen LogP contribution in [0.5, 0.6) is 0 Å². The first-order valence-electron chi connectivity index (χ1n) is 4.39. The molecule has 0 amide bonds. The van der Waals surface area contributed by atoms with E-state index in [1.807, 2.05) is 6.92 Å². The Morgan fingerprint density at radius 1 is 1.47 bits per heavy atom. The van der Waals surface area contributed by atoms with Crippen molar-refractivity contribution in [1.82, 2.24) is 4.98 Å². The van der Waals surface area contributed by atoms with Gasteiger partial charge >= 0.3 is 0 Å². The monoisotopic (exact) mass is 221 g/mol. The lowest BCUT2D eigenvalue weighted by molar-refractivity contribution is 0.112. The third-order valence-corrected chi connectivity index (χ3v) is 3.13. The molecule has 4 heteroatoms. The number of halogens is 1. The quantitative estimate of drug-likeness (QED) is 0.729. The topological polar surface area (TPSA) is 30.0 Å². The van der Waals surface area contributed by atoms with Crippen molar-refractivity contribution >= 4 is 17.6 Å². The number of aromatic nitrogens is 1. The summed E-state index contributed by atoms with van der Waals surface area (Å²) in [6.07, 6.45) is 0.709. The second-order valence-corrected chi connectivity index (χ2v) is 4.13. The maximum absolute atomic E-state index is 13.0. The molecule has 0 unspecified atom stereocenters. The zero-order valence-electron chi connectivity index (χ0n) is 8.03. The molecule has 2 nitrogen and oxygen atoms in total. The number of aryl methyl sites for hydroxylation is 1. The van der Waals surface area contributed by atoms with Crippen molar-refractivity contribution in [3.8, 4) is 10.4 Å². The van der Waals surface area contributed by atoms with Crippen molar-refractivity contribution in [2.24, 2.45) is 0 Å². The van der Waals surface area contributed by atoms with Crippen LogP contribution in [0.25, 0.3) is 10.4 Å². The Kier molecular flexibility index (Phi) is 2.60. The number of hydrogen-bond donors (Lipinski definition) is 0. The van der Waals surface area contributed by atoms with Crippen LogP contribution in [0.3, 0.4) is 0 Å². The van der Waals surface area contributed by atoms with Crippen LogP contribution in [-0.2, 0) is 0 Å². The molecule has 15 heavy (non-hydrogen) atoms. The highest BCUT2D eigenvalue weighted by Crippen LogP contribution is 2.29. The summed E-state index contributed by atoms with van der Waals surface area (Å²) in [7, 11) is 0. The summed E-state index contributed by atoms with van der Waals surface area (Å²) in [5.74, 6) is -0.284. The Morgan fingerprint density at radius 2 is 2.27 bits per heavy atom. The normalized spacial score (nSPS) is 10.3. The molecular weight excluding hydrogens is 213 g/mol. The number of rotatable bonds is 2. The van der Waals surface area contributed by atoms with E-state index in [9.17, 15) is 9.18 Å². The highest BCUT2D eigenvalue weighted by atomic mass is 32.1. The van der Waals surface area contributed by atoms with Gasteiger partial charge in [0.1, 0.15) is 5.82 Å². The van der Waals surface area contributed by atoms with Crippen LogP contribution in [0.1, 0.15) is 15.5 Å². The Balaban J connectivity index is 2.53. The number of hydrogen-bond acceptors (Lipinski definition) is 3. The summed E-state index contributed by atoms with van der Waals surface area (Å²) in [5, 5.41) is 0.423. The van der Waals surface area contributed by atoms with Gasteiger partial charge in [-0.2, -0.15) is 0 Å². The third-order valence-electron chi connectivity index (χ3n) is 2.00. The van der Waals surface area contributed by atoms with E-state index in [0.717, 1.165) is 16.1 Å². The van der Waals surface area contributed by atoms with Crippen LogP contribution >= 0.6 is 11.3 Å². The van der Waals surface area contributed by atoms with Crippen molar-refractivity contribution < 1.29 is 9.18 Å². The molecule has 76 valence electrons. The van der Waals surface area contributed by atoms with E-state index in [0.29, 0.717) is 11.3 Å². The molecular formula is C11H8FNOS. The highest BCUT2D eigenvalue weighted by Gasteiger charge is 2.09. The first-order valence-corrected chi connectivity index (χ1v) is 5.21. The molecule has 1 aromatic heterocycles. The highest BCUT2D eigenvalue weighted by molar-refractivity contribution is 7.16. The first kappa shape index (κ1) is 9.98. The predicted octanol–water partition coefficient (Wildman–Crippen LogP) is 3.07. The lowest BCUT2D eigenvalue weighted by atomic mass is 10.1. The first-order chi connectivity index (χ1) is 7.20. The molecule has 0 atom stereocenters. The Morgan fingerprint density at radius 3 is 2.87 bits per heavy atom. The summed E-state index contributed by atoms with van der Waals surface area (Å²) in [6.45, 7) is 1.81. The van der Waals surface area contributed by atoms with Crippen molar-refractivity contribution in [1.29, 1.82) is 0 Å². The van der Waals surface area contributed by atoms with Gasteiger partial charge in [-0.15, -0.1) is 11.3 Å². The largest absolute Gasteiger partial charge is 0.295 e. The Labute approximate surface area is 90.4 Å². The molecule has 0 N–H and O–H groups in total. The van der Waals surface area contributed by atoms with Gasteiger partial charge in [0.25, 0.3) is 0 Å². The minimum atomic E-state index is -0.284. The fourth-order valence-electron chi connectivity index (χ4n) is 1.37. The van der Waals surface area contributed by atoms with Gasteiger partial charge in [-0.3, -0.25) is 4.79 Å². The molecule has 0 radical (unpaired) electrons. The van der Waals surface area contributed by atoms with Gasteiger partial charge in [0.05, 0.1) is 10.6 Å². The molecule has 0 aliphatic carbocycles. The van der Waals surface area contributed by atoms with Crippen molar-refractivity contribution in [2.75, 3.05) is 0 Å². The van der Waals surface area contributed by atoms with Gasteiger partial charge in [0, 0.05) is 0 Å². The van der Waals surface area contributed by atoms with E-state index >= 15 is 0 Å². The summed E-state index contributed by atoms with van der Waals surface area (Å²) < 4.78 is 13.0. The van der Waals surface area contributed by atoms with Crippen LogP contribution in [-0.4, -0.2) is 11.3 Å². The Hall–Kier alpha value is -1.55. The number of carbonyl (C=O) groups excluding carboxylic acids is 1. The lowest BCUT2D eigenvalue weighted by Gasteiger charge is -1.97. The number of aldehydes is 1. The molecule has 0 saturated carbocycles. The maximum atomic E-state index is 13.0. The predicted molar refractivity (Wildman–Crippen MR) is 57.6 cm³/mol. The lowest BCUT2D eigenvalue weighted by Crippen LogP contribution is -1.80. The zero-order valence-corrected chi connectivity index (χ0v) is 8.84. The van der Waals surface area contributed by atoms with Gasteiger partial charge in [-0.1, -0.05) is 12.1 Å². The van der Waals surface area contributed by atoms with Gasteiger partial charge in [-0.05, 0) is 24.6 Å². The standard InChI is InChI=1S/C11H8FNOS/c1-7-11(15-10(6-14)13-7)8-3-2-4-9(12)5-8/h2-6H,1H3. The van der Waals surface area contributed by atoms with Crippen molar-refractivity contribution in [3.63, 3.8) is 0 Å². The van der Waals surface area contributed by atoms with E-state index in [1.165, 1.54) is 23.5 Å². The average Bonchev–Trinajstić information content (AvgIpc) is 2.60. The molecule has 2 rings (SSSR count). The summed E-state index contributed by atoms with van der Waals surface area (Å²) in [4.78, 5) is 15.5. The van der Waals surface area contributed by atoms with Gasteiger partial charge in [0.15, 0.2) is 11.3 Å². The van der Waals surface area contributed by atoms with Crippen LogP contribution in [0.4, 0.5) is 4.39 Å². The molecule has 1 aromatic carbocycles. The van der Waals surface area contributed by atoms with Crippen LogP contribution in [0.15, 0.2) is 24.3 Å². The van der Waals surface area contributed by atoms with Crippen LogP contribution in [0, 0.1) is 12.7 Å². The zero-order chi connectivity index (χ0) is 10.8. The third kappa shape index (κ3) is 1.94. The fraction of sp³-hybridized carbons (Fsp3) is 0.0909. The summed E-state index contributed by atoms with van der Waals surface area (Å²) in [5.41, 5.74) is 1.52. The van der Waals surface area contributed by atoms with Gasteiger partial charge in [-0.25, -0.2) is 9.37 Å². The number of nitrogens with zero attached hydrogens (tertiary/aromatic N) is 1. The molecule has 0 aliphatic heterocycles. The number of thiazole rings is 1.